The minimum Gasteiger partial charge on any atom is -0.488 e. The second kappa shape index (κ2) is 8.78. The minimum absolute atomic E-state index is 0.103. The Morgan fingerprint density at radius 1 is 0.970 bits per heavy atom. The van der Waals surface area contributed by atoms with Gasteiger partial charge in [-0.05, 0) is 70.2 Å². The van der Waals surface area contributed by atoms with Gasteiger partial charge in [0.2, 0.25) is 0 Å². The molecular formula is C25H28N6O2. The van der Waals surface area contributed by atoms with Crippen molar-refractivity contribution in [3.05, 3.63) is 59.9 Å². The van der Waals surface area contributed by atoms with Crippen LogP contribution >= 0.6 is 0 Å². The number of anilines is 2. The zero-order valence-corrected chi connectivity index (χ0v) is 19.1. The van der Waals surface area contributed by atoms with Crippen LogP contribution in [-0.2, 0) is 0 Å². The van der Waals surface area contributed by atoms with Crippen LogP contribution < -0.4 is 10.1 Å². The Morgan fingerprint density at radius 2 is 1.79 bits per heavy atom. The molecule has 170 valence electrons. The number of nitrogens with one attached hydrogen (secondary N) is 1. The van der Waals surface area contributed by atoms with Gasteiger partial charge in [-0.2, -0.15) is 5.10 Å². The standard InChI is InChI=1S/C25H28N6O2/c1-15-10-22(23(14-26-15)33-21-6-4-20(32)5-7-21)18-8-9-31-19(12-18)13-25(30-31)29-24-11-16(2)27-17(3)28-24/h8-14,20-21,32H,4-7H2,1-3H3,(H,27,28,29,30). The first kappa shape index (κ1) is 21.3. The molecule has 2 N–H and O–H groups in total. The summed E-state index contributed by atoms with van der Waals surface area (Å²) in [6, 6.07) is 10.1. The molecule has 0 aromatic carbocycles. The third kappa shape index (κ3) is 4.80. The van der Waals surface area contributed by atoms with Crippen molar-refractivity contribution in [3.63, 3.8) is 0 Å². The lowest BCUT2D eigenvalue weighted by atomic mass is 9.95. The second-order valence-electron chi connectivity index (χ2n) is 8.75. The predicted octanol–water partition coefficient (Wildman–Crippen LogP) is 4.54. The van der Waals surface area contributed by atoms with E-state index in [1.807, 2.05) is 55.9 Å². The molecule has 0 bridgehead atoms. The van der Waals surface area contributed by atoms with Crippen LogP contribution in [0, 0.1) is 20.8 Å². The fourth-order valence-corrected chi connectivity index (χ4v) is 4.34. The van der Waals surface area contributed by atoms with E-state index in [1.54, 1.807) is 0 Å². The number of hydrogen-bond donors (Lipinski definition) is 2. The summed E-state index contributed by atoms with van der Waals surface area (Å²) in [5.74, 6) is 2.93. The van der Waals surface area contributed by atoms with Crippen LogP contribution in [0.2, 0.25) is 0 Å². The van der Waals surface area contributed by atoms with Crippen molar-refractivity contribution in [1.82, 2.24) is 24.6 Å². The Kier molecular flexibility index (Phi) is 5.68. The zero-order chi connectivity index (χ0) is 22.9. The summed E-state index contributed by atoms with van der Waals surface area (Å²) < 4.78 is 8.18. The molecule has 0 radical (unpaired) electrons. The number of fused-ring (bicyclic) bond motifs is 1. The van der Waals surface area contributed by atoms with Crippen LogP contribution in [-0.4, -0.2) is 41.9 Å². The third-order valence-corrected chi connectivity index (χ3v) is 5.94. The van der Waals surface area contributed by atoms with Crippen LogP contribution in [0.1, 0.15) is 42.9 Å². The number of hydrogen-bond acceptors (Lipinski definition) is 7. The first-order valence-corrected chi connectivity index (χ1v) is 11.3. The summed E-state index contributed by atoms with van der Waals surface area (Å²) in [5, 5.41) is 17.7. The maximum absolute atomic E-state index is 9.80. The largest absolute Gasteiger partial charge is 0.488 e. The Hall–Kier alpha value is -3.52. The van der Waals surface area contributed by atoms with Gasteiger partial charge in [-0.3, -0.25) is 4.98 Å². The SMILES string of the molecule is Cc1cc(-c2ccn3nc(Nc4cc(C)nc(C)n4)cc3c2)c(OC2CCC(O)CC2)cn1. The van der Waals surface area contributed by atoms with E-state index in [9.17, 15) is 5.11 Å². The van der Waals surface area contributed by atoms with Crippen LogP contribution in [0.25, 0.3) is 16.6 Å². The number of rotatable bonds is 5. The Labute approximate surface area is 192 Å². The highest BCUT2D eigenvalue weighted by molar-refractivity contribution is 5.75. The van der Waals surface area contributed by atoms with Crippen LogP contribution in [0.4, 0.5) is 11.6 Å². The maximum atomic E-state index is 9.80. The monoisotopic (exact) mass is 444 g/mol. The first-order chi connectivity index (χ1) is 15.9. The van der Waals surface area contributed by atoms with Gasteiger partial charge in [-0.15, -0.1) is 0 Å². The van der Waals surface area contributed by atoms with Crippen molar-refractivity contribution >= 4 is 17.2 Å². The molecular weight excluding hydrogens is 416 g/mol. The average molecular weight is 445 g/mol. The molecule has 8 heteroatoms. The molecule has 4 heterocycles. The molecule has 1 aliphatic carbocycles. The van der Waals surface area contributed by atoms with E-state index in [0.717, 1.165) is 71.1 Å². The summed E-state index contributed by atoms with van der Waals surface area (Å²) in [7, 11) is 0. The van der Waals surface area contributed by atoms with Crippen LogP contribution in [0.3, 0.4) is 0 Å². The van der Waals surface area contributed by atoms with Gasteiger partial charge in [0.05, 0.1) is 23.9 Å². The molecule has 33 heavy (non-hydrogen) atoms. The molecule has 1 aliphatic rings. The van der Waals surface area contributed by atoms with Crippen molar-refractivity contribution in [2.75, 3.05) is 5.32 Å². The van der Waals surface area contributed by atoms with E-state index in [-0.39, 0.29) is 12.2 Å². The number of aryl methyl sites for hydroxylation is 3. The Morgan fingerprint density at radius 3 is 2.58 bits per heavy atom. The van der Waals surface area contributed by atoms with Crippen molar-refractivity contribution < 1.29 is 9.84 Å². The molecule has 0 atom stereocenters. The van der Waals surface area contributed by atoms with Crippen molar-refractivity contribution in [3.8, 4) is 16.9 Å². The smallest absolute Gasteiger partial charge is 0.154 e. The van der Waals surface area contributed by atoms with Gasteiger partial charge in [0, 0.05) is 35.3 Å². The number of aliphatic hydroxyl groups excluding tert-OH is 1. The van der Waals surface area contributed by atoms with E-state index in [4.69, 9.17) is 4.74 Å². The number of aromatic nitrogens is 5. The van der Waals surface area contributed by atoms with Gasteiger partial charge in [0.25, 0.3) is 0 Å². The molecule has 0 spiro atoms. The minimum atomic E-state index is -0.206. The average Bonchev–Trinajstić information content (AvgIpc) is 3.17. The Bertz CT molecular complexity index is 1270. The summed E-state index contributed by atoms with van der Waals surface area (Å²) in [6.07, 6.45) is 6.92. The second-order valence-corrected chi connectivity index (χ2v) is 8.75. The first-order valence-electron chi connectivity index (χ1n) is 11.3. The van der Waals surface area contributed by atoms with Crippen molar-refractivity contribution in [2.45, 2.75) is 58.7 Å². The molecule has 0 saturated heterocycles. The van der Waals surface area contributed by atoms with Gasteiger partial charge in [0.1, 0.15) is 17.4 Å². The third-order valence-electron chi connectivity index (χ3n) is 5.94. The molecule has 1 saturated carbocycles. The highest BCUT2D eigenvalue weighted by atomic mass is 16.5. The number of aliphatic hydroxyl groups is 1. The summed E-state index contributed by atoms with van der Waals surface area (Å²) in [6.45, 7) is 5.80. The molecule has 0 amide bonds. The highest BCUT2D eigenvalue weighted by Gasteiger charge is 2.22. The quantitative estimate of drug-likeness (QED) is 0.466. The van der Waals surface area contributed by atoms with Crippen LogP contribution in [0.5, 0.6) is 5.75 Å². The molecule has 4 aromatic heterocycles. The van der Waals surface area contributed by atoms with Gasteiger partial charge in [-0.1, -0.05) is 0 Å². The van der Waals surface area contributed by atoms with Gasteiger partial charge in [0.15, 0.2) is 5.82 Å². The van der Waals surface area contributed by atoms with Gasteiger partial charge < -0.3 is 15.2 Å². The number of pyridine rings is 2. The Balaban J connectivity index is 1.43. The molecule has 0 aliphatic heterocycles. The maximum Gasteiger partial charge on any atom is 0.154 e. The lowest BCUT2D eigenvalue weighted by Gasteiger charge is -2.27. The summed E-state index contributed by atoms with van der Waals surface area (Å²) in [4.78, 5) is 13.2. The van der Waals surface area contributed by atoms with Gasteiger partial charge >= 0.3 is 0 Å². The lowest BCUT2D eigenvalue weighted by Crippen LogP contribution is -2.26. The van der Waals surface area contributed by atoms with E-state index >= 15 is 0 Å². The molecule has 5 rings (SSSR count). The number of ether oxygens (including phenoxy) is 1. The van der Waals surface area contributed by atoms with E-state index in [1.165, 1.54) is 0 Å². The molecule has 0 unspecified atom stereocenters. The normalized spacial score (nSPS) is 18.4. The highest BCUT2D eigenvalue weighted by Crippen LogP contribution is 2.34. The summed E-state index contributed by atoms with van der Waals surface area (Å²) >= 11 is 0. The van der Waals surface area contributed by atoms with E-state index in [2.05, 4.69) is 37.5 Å². The molecule has 1 fully saturated rings. The zero-order valence-electron chi connectivity index (χ0n) is 19.1. The lowest BCUT2D eigenvalue weighted by molar-refractivity contribution is 0.0667. The summed E-state index contributed by atoms with van der Waals surface area (Å²) in [5.41, 5.74) is 4.84. The molecule has 8 nitrogen and oxygen atoms in total. The van der Waals surface area contributed by atoms with E-state index < -0.39 is 0 Å². The van der Waals surface area contributed by atoms with Crippen molar-refractivity contribution in [1.29, 1.82) is 0 Å². The van der Waals surface area contributed by atoms with Crippen LogP contribution in [0.15, 0.2) is 42.7 Å². The van der Waals surface area contributed by atoms with Crippen molar-refractivity contribution in [2.24, 2.45) is 0 Å². The predicted molar refractivity (Wildman–Crippen MR) is 127 cm³/mol. The fraction of sp³-hybridized carbons (Fsp3) is 0.360. The van der Waals surface area contributed by atoms with E-state index in [0.29, 0.717) is 5.82 Å². The topological polar surface area (TPSA) is 97.5 Å². The fourth-order valence-electron chi connectivity index (χ4n) is 4.34. The van der Waals surface area contributed by atoms with Gasteiger partial charge in [-0.25, -0.2) is 14.5 Å². The number of nitrogens with zero attached hydrogens (tertiary/aromatic N) is 5. The molecule has 4 aromatic rings.